The van der Waals surface area contributed by atoms with Crippen LogP contribution < -0.4 is 5.73 Å². The van der Waals surface area contributed by atoms with E-state index in [0.717, 1.165) is 0 Å². The summed E-state index contributed by atoms with van der Waals surface area (Å²) < 4.78 is 18.9. The molecule has 0 aliphatic rings. The van der Waals surface area contributed by atoms with Crippen molar-refractivity contribution in [2.75, 3.05) is 5.73 Å². The second kappa shape index (κ2) is 4.30. The van der Waals surface area contributed by atoms with Gasteiger partial charge in [-0.2, -0.15) is 0 Å². The van der Waals surface area contributed by atoms with Gasteiger partial charge in [0.2, 0.25) is 0 Å². The van der Waals surface area contributed by atoms with Gasteiger partial charge in [-0.1, -0.05) is 12.1 Å². The maximum Gasteiger partial charge on any atom is 0.298 e. The first-order valence-corrected chi connectivity index (χ1v) is 5.65. The lowest BCUT2D eigenvalue weighted by Crippen LogP contribution is -1.97. The number of halogens is 1. The first-order valence-electron chi connectivity index (χ1n) is 5.65. The highest BCUT2D eigenvalue weighted by Gasteiger charge is 2.21. The SMILES string of the molecule is Nc1ccc([N+](=O)[O-])c(-c2cc3cccc(F)c3o2)n1. The molecule has 0 spiro atoms. The molecular weight excluding hydrogens is 265 g/mol. The first-order chi connectivity index (χ1) is 9.56. The van der Waals surface area contributed by atoms with Gasteiger partial charge in [-0.25, -0.2) is 9.37 Å². The summed E-state index contributed by atoms with van der Waals surface area (Å²) in [5.74, 6) is -0.323. The zero-order chi connectivity index (χ0) is 14.3. The van der Waals surface area contributed by atoms with Crippen LogP contribution in [0.5, 0.6) is 0 Å². The predicted molar refractivity (Wildman–Crippen MR) is 70.5 cm³/mol. The number of aromatic nitrogens is 1. The van der Waals surface area contributed by atoms with Gasteiger partial charge in [0.15, 0.2) is 22.9 Å². The summed E-state index contributed by atoms with van der Waals surface area (Å²) in [7, 11) is 0. The van der Waals surface area contributed by atoms with E-state index in [0.29, 0.717) is 5.39 Å². The summed E-state index contributed by atoms with van der Waals surface area (Å²) in [5, 5.41) is 11.5. The summed E-state index contributed by atoms with van der Waals surface area (Å²) in [4.78, 5) is 14.3. The molecule has 0 fully saturated rings. The summed E-state index contributed by atoms with van der Waals surface area (Å²) >= 11 is 0. The van der Waals surface area contributed by atoms with Crippen molar-refractivity contribution in [3.05, 3.63) is 52.3 Å². The maximum absolute atomic E-state index is 13.6. The normalized spacial score (nSPS) is 10.8. The number of hydrogen-bond acceptors (Lipinski definition) is 5. The summed E-state index contributed by atoms with van der Waals surface area (Å²) in [5.41, 5.74) is 5.29. The minimum absolute atomic E-state index is 0.0226. The first kappa shape index (κ1) is 12.1. The molecule has 0 aliphatic carbocycles. The Morgan fingerprint density at radius 1 is 1.30 bits per heavy atom. The van der Waals surface area contributed by atoms with Crippen molar-refractivity contribution in [3.63, 3.8) is 0 Å². The lowest BCUT2D eigenvalue weighted by atomic mass is 10.2. The van der Waals surface area contributed by atoms with Gasteiger partial charge in [-0.3, -0.25) is 10.1 Å². The van der Waals surface area contributed by atoms with Gasteiger partial charge in [-0.15, -0.1) is 0 Å². The third-order valence-corrected chi connectivity index (χ3v) is 2.82. The van der Waals surface area contributed by atoms with Crippen molar-refractivity contribution in [2.45, 2.75) is 0 Å². The van der Waals surface area contributed by atoms with Gasteiger partial charge in [-0.05, 0) is 18.2 Å². The number of pyridine rings is 1. The van der Waals surface area contributed by atoms with Crippen LogP contribution in [0, 0.1) is 15.9 Å². The molecule has 0 radical (unpaired) electrons. The van der Waals surface area contributed by atoms with Gasteiger partial charge >= 0.3 is 0 Å². The van der Waals surface area contributed by atoms with Gasteiger partial charge in [0, 0.05) is 11.5 Å². The van der Waals surface area contributed by atoms with Gasteiger partial charge < -0.3 is 10.2 Å². The van der Waals surface area contributed by atoms with E-state index in [1.165, 1.54) is 30.3 Å². The molecule has 2 N–H and O–H groups in total. The number of benzene rings is 1. The second-order valence-corrected chi connectivity index (χ2v) is 4.13. The number of para-hydroxylation sites is 1. The number of hydrogen-bond donors (Lipinski definition) is 1. The molecule has 0 amide bonds. The fourth-order valence-corrected chi connectivity index (χ4v) is 1.94. The Bertz CT molecular complexity index is 829. The molecule has 2 heterocycles. The quantitative estimate of drug-likeness (QED) is 0.571. The average molecular weight is 273 g/mol. The van der Waals surface area contributed by atoms with Crippen LogP contribution in [-0.2, 0) is 0 Å². The van der Waals surface area contributed by atoms with Crippen LogP contribution in [0.15, 0.2) is 40.8 Å². The standard InChI is InChI=1S/C13H8FN3O3/c14-8-3-1-2-7-6-10(20-13(7)8)12-9(17(18)19)4-5-11(15)16-12/h1-6H,(H2,15,16). The monoisotopic (exact) mass is 273 g/mol. The Balaban J connectivity index is 2.27. The highest BCUT2D eigenvalue weighted by molar-refractivity contribution is 5.84. The number of nitrogens with two attached hydrogens (primary N) is 1. The largest absolute Gasteiger partial charge is 0.451 e. The maximum atomic E-state index is 13.6. The van der Waals surface area contributed by atoms with Gasteiger partial charge in [0.1, 0.15) is 5.82 Å². The number of nitrogen functional groups attached to an aromatic ring is 1. The van der Waals surface area contributed by atoms with Crippen LogP contribution in [0.25, 0.3) is 22.4 Å². The summed E-state index contributed by atoms with van der Waals surface area (Å²) in [6.07, 6.45) is 0. The minimum atomic E-state index is -0.592. The molecule has 3 aromatic rings. The fraction of sp³-hybridized carbons (Fsp3) is 0. The molecule has 2 aromatic heterocycles. The van der Waals surface area contributed by atoms with Crippen molar-refractivity contribution < 1.29 is 13.7 Å². The second-order valence-electron chi connectivity index (χ2n) is 4.13. The zero-order valence-electron chi connectivity index (χ0n) is 10.0. The van der Waals surface area contributed by atoms with Crippen molar-refractivity contribution in [2.24, 2.45) is 0 Å². The van der Waals surface area contributed by atoms with E-state index < -0.39 is 10.7 Å². The molecule has 1 aromatic carbocycles. The molecule has 0 aliphatic heterocycles. The zero-order valence-corrected chi connectivity index (χ0v) is 10.0. The molecule has 7 heteroatoms. The van der Waals surface area contributed by atoms with E-state index in [-0.39, 0.29) is 28.5 Å². The molecule has 0 atom stereocenters. The van der Waals surface area contributed by atoms with E-state index in [1.807, 2.05) is 0 Å². The number of nitro groups is 1. The van der Waals surface area contributed by atoms with E-state index in [1.54, 1.807) is 6.07 Å². The topological polar surface area (TPSA) is 95.2 Å². The molecule has 0 saturated heterocycles. The minimum Gasteiger partial charge on any atom is -0.451 e. The third-order valence-electron chi connectivity index (χ3n) is 2.82. The highest BCUT2D eigenvalue weighted by Crippen LogP contribution is 2.33. The predicted octanol–water partition coefficient (Wildman–Crippen LogP) is 3.12. The molecular formula is C13H8FN3O3. The smallest absolute Gasteiger partial charge is 0.298 e. The van der Waals surface area contributed by atoms with Crippen LogP contribution in [0.3, 0.4) is 0 Å². The molecule has 0 saturated carbocycles. The average Bonchev–Trinajstić information content (AvgIpc) is 2.83. The Labute approximate surface area is 111 Å². The van der Waals surface area contributed by atoms with Gasteiger partial charge in [0.05, 0.1) is 4.92 Å². The Morgan fingerprint density at radius 2 is 2.10 bits per heavy atom. The van der Waals surface area contributed by atoms with Gasteiger partial charge in [0.25, 0.3) is 5.69 Å². The Hall–Kier alpha value is -2.96. The molecule has 6 nitrogen and oxygen atoms in total. The summed E-state index contributed by atoms with van der Waals surface area (Å²) in [6, 6.07) is 8.47. The molecule has 0 unspecified atom stereocenters. The van der Waals surface area contributed by atoms with Crippen LogP contribution in [0.2, 0.25) is 0 Å². The number of furan rings is 1. The molecule has 100 valence electrons. The lowest BCUT2D eigenvalue weighted by molar-refractivity contribution is -0.384. The highest BCUT2D eigenvalue weighted by atomic mass is 19.1. The van der Waals surface area contributed by atoms with E-state index in [4.69, 9.17) is 10.2 Å². The number of rotatable bonds is 2. The van der Waals surface area contributed by atoms with Crippen molar-refractivity contribution in [1.29, 1.82) is 0 Å². The third kappa shape index (κ3) is 1.85. The number of anilines is 1. The number of nitrogens with zero attached hydrogens (tertiary/aromatic N) is 2. The van der Waals surface area contributed by atoms with Crippen LogP contribution in [0.1, 0.15) is 0 Å². The Kier molecular flexibility index (Phi) is 2.60. The fourth-order valence-electron chi connectivity index (χ4n) is 1.94. The van der Waals surface area contributed by atoms with Crippen molar-refractivity contribution in [1.82, 2.24) is 4.98 Å². The van der Waals surface area contributed by atoms with Crippen molar-refractivity contribution >= 4 is 22.5 Å². The van der Waals surface area contributed by atoms with E-state index >= 15 is 0 Å². The van der Waals surface area contributed by atoms with Crippen LogP contribution in [-0.4, -0.2) is 9.91 Å². The van der Waals surface area contributed by atoms with Crippen molar-refractivity contribution in [3.8, 4) is 11.5 Å². The Morgan fingerprint density at radius 3 is 2.80 bits per heavy atom. The molecule has 3 rings (SSSR count). The number of fused-ring (bicyclic) bond motifs is 1. The van der Waals surface area contributed by atoms with E-state index in [9.17, 15) is 14.5 Å². The molecule has 0 bridgehead atoms. The van der Waals surface area contributed by atoms with Crippen LogP contribution >= 0.6 is 0 Å². The molecule has 20 heavy (non-hydrogen) atoms. The van der Waals surface area contributed by atoms with E-state index in [2.05, 4.69) is 4.98 Å². The van der Waals surface area contributed by atoms with Crippen LogP contribution in [0.4, 0.5) is 15.9 Å². The summed E-state index contributed by atoms with van der Waals surface area (Å²) in [6.45, 7) is 0. The lowest BCUT2D eigenvalue weighted by Gasteiger charge is -1.99.